The Hall–Kier alpha value is -3.20. The van der Waals surface area contributed by atoms with E-state index >= 15 is 0 Å². The first-order chi connectivity index (χ1) is 12.2. The summed E-state index contributed by atoms with van der Waals surface area (Å²) in [5.74, 6) is 1.75. The van der Waals surface area contributed by atoms with E-state index in [2.05, 4.69) is 6.07 Å². The maximum atomic E-state index is 12.5. The molecule has 2 aromatic rings. The third kappa shape index (κ3) is 5.43. The maximum absolute atomic E-state index is 12.5. The smallest absolute Gasteiger partial charge is 0.247 e. The van der Waals surface area contributed by atoms with Gasteiger partial charge in [-0.2, -0.15) is 5.26 Å². The highest BCUT2D eigenvalue weighted by Crippen LogP contribution is 2.23. The standard InChI is InChI=1S/C19H20N2O4/c1-23-17-11-15(12-18(13-17)24-2)6-7-19(22)21(9-4-8-20)14-16-5-3-10-25-16/h3,5-7,10-13H,4,9,14H2,1-2H3/b7-6+. The van der Waals surface area contributed by atoms with Gasteiger partial charge in [-0.15, -0.1) is 0 Å². The monoisotopic (exact) mass is 340 g/mol. The van der Waals surface area contributed by atoms with E-state index in [1.807, 2.05) is 0 Å². The molecule has 1 heterocycles. The van der Waals surface area contributed by atoms with E-state index in [1.165, 1.54) is 6.08 Å². The fraction of sp³-hybridized carbons (Fsp3) is 0.263. The SMILES string of the molecule is COc1cc(/C=C/C(=O)N(CCC#N)Cc2ccco2)cc(OC)c1. The van der Waals surface area contributed by atoms with E-state index in [1.54, 1.807) is 61.8 Å². The topological polar surface area (TPSA) is 75.7 Å². The molecule has 0 aliphatic carbocycles. The first kappa shape index (κ1) is 18.1. The normalized spacial score (nSPS) is 10.4. The van der Waals surface area contributed by atoms with Gasteiger partial charge in [-0.1, -0.05) is 0 Å². The third-order valence-electron chi connectivity index (χ3n) is 3.52. The number of nitrogens with zero attached hydrogens (tertiary/aromatic N) is 2. The maximum Gasteiger partial charge on any atom is 0.247 e. The Kier molecular flexibility index (Phi) is 6.66. The van der Waals surface area contributed by atoms with Crippen LogP contribution in [0.3, 0.4) is 0 Å². The summed E-state index contributed by atoms with van der Waals surface area (Å²) in [6.45, 7) is 0.654. The second-order valence-electron chi connectivity index (χ2n) is 5.23. The molecule has 0 bridgehead atoms. The lowest BCUT2D eigenvalue weighted by molar-refractivity contribution is -0.126. The Labute approximate surface area is 146 Å². The van der Waals surface area contributed by atoms with Crippen molar-refractivity contribution in [2.24, 2.45) is 0 Å². The van der Waals surface area contributed by atoms with Gasteiger partial charge in [0, 0.05) is 18.7 Å². The molecule has 0 N–H and O–H groups in total. The first-order valence-electron chi connectivity index (χ1n) is 7.75. The van der Waals surface area contributed by atoms with Gasteiger partial charge >= 0.3 is 0 Å². The average molecular weight is 340 g/mol. The molecule has 0 atom stereocenters. The van der Waals surface area contributed by atoms with Crippen LogP contribution >= 0.6 is 0 Å². The van der Waals surface area contributed by atoms with Crippen molar-refractivity contribution in [1.29, 1.82) is 5.26 Å². The molecule has 2 rings (SSSR count). The van der Waals surface area contributed by atoms with Gasteiger partial charge in [0.2, 0.25) is 5.91 Å². The molecule has 0 fully saturated rings. The Morgan fingerprint density at radius 2 is 2.00 bits per heavy atom. The van der Waals surface area contributed by atoms with Crippen LogP contribution in [-0.2, 0) is 11.3 Å². The Bertz CT molecular complexity index is 738. The van der Waals surface area contributed by atoms with E-state index in [0.717, 1.165) is 5.56 Å². The third-order valence-corrected chi connectivity index (χ3v) is 3.52. The fourth-order valence-corrected chi connectivity index (χ4v) is 2.24. The second kappa shape index (κ2) is 9.18. The van der Waals surface area contributed by atoms with Gasteiger partial charge in [0.15, 0.2) is 0 Å². The number of hydrogen-bond acceptors (Lipinski definition) is 5. The van der Waals surface area contributed by atoms with Crippen LogP contribution in [0.25, 0.3) is 6.08 Å². The summed E-state index contributed by atoms with van der Waals surface area (Å²) in [7, 11) is 3.14. The van der Waals surface area contributed by atoms with Gasteiger partial charge in [-0.05, 0) is 35.9 Å². The predicted molar refractivity (Wildman–Crippen MR) is 92.9 cm³/mol. The highest BCUT2D eigenvalue weighted by atomic mass is 16.5. The van der Waals surface area contributed by atoms with Gasteiger partial charge < -0.3 is 18.8 Å². The Balaban J connectivity index is 2.13. The lowest BCUT2D eigenvalue weighted by Crippen LogP contribution is -2.29. The number of amides is 1. The van der Waals surface area contributed by atoms with Crippen molar-refractivity contribution in [3.63, 3.8) is 0 Å². The summed E-state index contributed by atoms with van der Waals surface area (Å²) >= 11 is 0. The van der Waals surface area contributed by atoms with Crippen molar-refractivity contribution in [2.75, 3.05) is 20.8 Å². The van der Waals surface area contributed by atoms with Crippen LogP contribution in [-0.4, -0.2) is 31.6 Å². The van der Waals surface area contributed by atoms with Gasteiger partial charge in [0.25, 0.3) is 0 Å². The molecule has 0 aliphatic heterocycles. The van der Waals surface area contributed by atoms with Crippen LogP contribution in [0.4, 0.5) is 0 Å². The molecule has 0 radical (unpaired) electrons. The number of furan rings is 1. The lowest BCUT2D eigenvalue weighted by atomic mass is 10.2. The van der Waals surface area contributed by atoms with Crippen molar-refractivity contribution >= 4 is 12.0 Å². The number of benzene rings is 1. The minimum Gasteiger partial charge on any atom is -0.497 e. The summed E-state index contributed by atoms with van der Waals surface area (Å²) in [4.78, 5) is 14.0. The van der Waals surface area contributed by atoms with Crippen LogP contribution in [0.2, 0.25) is 0 Å². The number of ether oxygens (including phenoxy) is 2. The van der Waals surface area contributed by atoms with E-state index in [0.29, 0.717) is 30.3 Å². The number of carbonyl (C=O) groups is 1. The summed E-state index contributed by atoms with van der Waals surface area (Å²) in [5, 5.41) is 8.79. The number of methoxy groups -OCH3 is 2. The zero-order valence-electron chi connectivity index (χ0n) is 14.3. The summed E-state index contributed by atoms with van der Waals surface area (Å²) in [6, 6.07) is 11.0. The van der Waals surface area contributed by atoms with Crippen LogP contribution in [0.1, 0.15) is 17.7 Å². The minimum atomic E-state index is -0.201. The molecule has 6 nitrogen and oxygen atoms in total. The summed E-state index contributed by atoms with van der Waals surface area (Å²) in [5.41, 5.74) is 0.780. The van der Waals surface area contributed by atoms with Crippen molar-refractivity contribution in [2.45, 2.75) is 13.0 Å². The van der Waals surface area contributed by atoms with Crippen LogP contribution in [0, 0.1) is 11.3 Å². The second-order valence-corrected chi connectivity index (χ2v) is 5.23. The Morgan fingerprint density at radius 3 is 2.56 bits per heavy atom. The van der Waals surface area contributed by atoms with Crippen LogP contribution < -0.4 is 9.47 Å². The highest BCUT2D eigenvalue weighted by molar-refractivity contribution is 5.91. The van der Waals surface area contributed by atoms with Crippen LogP contribution in [0.5, 0.6) is 11.5 Å². The van der Waals surface area contributed by atoms with Crippen molar-refractivity contribution in [1.82, 2.24) is 4.90 Å². The molecule has 1 amide bonds. The molecule has 130 valence electrons. The molecule has 1 aromatic carbocycles. The Morgan fingerprint density at radius 1 is 1.28 bits per heavy atom. The lowest BCUT2D eigenvalue weighted by Gasteiger charge is -2.18. The van der Waals surface area contributed by atoms with Crippen molar-refractivity contribution < 1.29 is 18.7 Å². The first-order valence-corrected chi connectivity index (χ1v) is 7.75. The quantitative estimate of drug-likeness (QED) is 0.690. The molecule has 25 heavy (non-hydrogen) atoms. The molecule has 1 aromatic heterocycles. The van der Waals surface area contributed by atoms with Crippen LogP contribution in [0.15, 0.2) is 47.1 Å². The van der Waals surface area contributed by atoms with E-state index < -0.39 is 0 Å². The van der Waals surface area contributed by atoms with Gasteiger partial charge in [-0.3, -0.25) is 4.79 Å². The molecule has 0 saturated heterocycles. The number of rotatable bonds is 8. The van der Waals surface area contributed by atoms with Gasteiger partial charge in [0.1, 0.15) is 17.3 Å². The van der Waals surface area contributed by atoms with Gasteiger partial charge in [0.05, 0.1) is 39.5 Å². The molecule has 0 saturated carbocycles. The highest BCUT2D eigenvalue weighted by Gasteiger charge is 2.12. The van der Waals surface area contributed by atoms with E-state index in [9.17, 15) is 4.79 Å². The molecule has 0 spiro atoms. The van der Waals surface area contributed by atoms with E-state index in [-0.39, 0.29) is 12.3 Å². The zero-order valence-corrected chi connectivity index (χ0v) is 14.3. The number of nitriles is 1. The van der Waals surface area contributed by atoms with E-state index in [4.69, 9.17) is 19.2 Å². The molecule has 6 heteroatoms. The molecular weight excluding hydrogens is 320 g/mol. The summed E-state index contributed by atoms with van der Waals surface area (Å²) in [6.07, 6.45) is 4.97. The number of carbonyl (C=O) groups excluding carboxylic acids is 1. The average Bonchev–Trinajstić information content (AvgIpc) is 3.15. The summed E-state index contributed by atoms with van der Waals surface area (Å²) < 4.78 is 15.7. The molecule has 0 aliphatic rings. The van der Waals surface area contributed by atoms with Crippen molar-refractivity contribution in [3.05, 3.63) is 54.0 Å². The fourth-order valence-electron chi connectivity index (χ4n) is 2.24. The van der Waals surface area contributed by atoms with Gasteiger partial charge in [-0.25, -0.2) is 0 Å². The molecule has 0 unspecified atom stereocenters. The number of hydrogen-bond donors (Lipinski definition) is 0. The predicted octanol–water partition coefficient (Wildman–Crippen LogP) is 3.25. The minimum absolute atomic E-state index is 0.201. The largest absolute Gasteiger partial charge is 0.497 e. The van der Waals surface area contributed by atoms with Crippen molar-refractivity contribution in [3.8, 4) is 17.6 Å². The molecular formula is C19H20N2O4. The zero-order chi connectivity index (χ0) is 18.1.